The fourth-order valence-electron chi connectivity index (χ4n) is 2.29. The van der Waals surface area contributed by atoms with Gasteiger partial charge >= 0.3 is 0 Å². The molecule has 0 aliphatic rings. The number of carbonyl (C=O) groups excluding carboxylic acids is 2. The zero-order chi connectivity index (χ0) is 16.4. The molecule has 2 aromatic heterocycles. The van der Waals surface area contributed by atoms with Crippen molar-refractivity contribution in [1.82, 2.24) is 9.88 Å². The molecule has 0 saturated heterocycles. The van der Waals surface area contributed by atoms with E-state index in [-0.39, 0.29) is 12.5 Å². The van der Waals surface area contributed by atoms with Crippen molar-refractivity contribution in [2.24, 2.45) is 7.05 Å². The summed E-state index contributed by atoms with van der Waals surface area (Å²) in [5.41, 5.74) is 1.82. The highest BCUT2D eigenvalue weighted by Gasteiger charge is 2.14. The van der Waals surface area contributed by atoms with Gasteiger partial charge in [-0.15, -0.1) is 11.3 Å². The quantitative estimate of drug-likeness (QED) is 0.772. The molecule has 0 atom stereocenters. The zero-order valence-corrected chi connectivity index (χ0v) is 13.1. The number of aryl methyl sites for hydroxylation is 1. The summed E-state index contributed by atoms with van der Waals surface area (Å²) in [6.07, 6.45) is 0. The first-order chi connectivity index (χ1) is 11.0. The molecule has 0 spiro atoms. The highest BCUT2D eigenvalue weighted by atomic mass is 32.1. The smallest absolute Gasteiger partial charge is 0.268 e. The Morgan fingerprint density at radius 2 is 2.09 bits per heavy atom. The fourth-order valence-corrected chi connectivity index (χ4v) is 3.14. The molecule has 2 heterocycles. The van der Waals surface area contributed by atoms with Crippen molar-refractivity contribution in [2.45, 2.75) is 0 Å². The molecule has 7 heteroatoms. The first-order valence-electron chi connectivity index (χ1n) is 6.91. The summed E-state index contributed by atoms with van der Waals surface area (Å²) in [5.74, 6) is -1.18. The molecule has 2 amide bonds. The highest BCUT2D eigenvalue weighted by Crippen LogP contribution is 2.23. The molecule has 0 aliphatic heterocycles. The minimum Gasteiger partial charge on any atom is -0.342 e. The van der Waals surface area contributed by atoms with Crippen molar-refractivity contribution in [3.63, 3.8) is 0 Å². The van der Waals surface area contributed by atoms with E-state index in [0.29, 0.717) is 11.4 Å². The number of nitrogens with zero attached hydrogens (tertiary/aromatic N) is 1. The van der Waals surface area contributed by atoms with Gasteiger partial charge in [0.2, 0.25) is 5.91 Å². The second kappa shape index (κ2) is 6.21. The Morgan fingerprint density at radius 3 is 2.83 bits per heavy atom. The number of hydrogen-bond acceptors (Lipinski definition) is 3. The van der Waals surface area contributed by atoms with Gasteiger partial charge in [0, 0.05) is 12.7 Å². The van der Waals surface area contributed by atoms with E-state index in [9.17, 15) is 14.0 Å². The lowest BCUT2D eigenvalue weighted by atomic mass is 10.3. The predicted molar refractivity (Wildman–Crippen MR) is 88.2 cm³/mol. The van der Waals surface area contributed by atoms with Crippen LogP contribution in [0.3, 0.4) is 0 Å². The van der Waals surface area contributed by atoms with Crippen LogP contribution in [0.15, 0.2) is 41.8 Å². The van der Waals surface area contributed by atoms with E-state index in [1.807, 2.05) is 11.4 Å². The average Bonchev–Trinajstić information content (AvgIpc) is 3.08. The Labute approximate surface area is 135 Å². The molecule has 118 valence electrons. The number of nitrogens with one attached hydrogen (secondary N) is 2. The molecule has 0 bridgehead atoms. The Morgan fingerprint density at radius 1 is 1.26 bits per heavy atom. The van der Waals surface area contributed by atoms with Crippen molar-refractivity contribution in [3.05, 3.63) is 53.3 Å². The molecule has 0 saturated carbocycles. The lowest BCUT2D eigenvalue weighted by Crippen LogP contribution is -2.33. The summed E-state index contributed by atoms with van der Waals surface area (Å²) in [4.78, 5) is 24.0. The number of fused-ring (bicyclic) bond motifs is 1. The number of aromatic nitrogens is 1. The molecule has 5 nitrogen and oxygen atoms in total. The summed E-state index contributed by atoms with van der Waals surface area (Å²) in [6.45, 7) is -0.186. The van der Waals surface area contributed by atoms with E-state index >= 15 is 0 Å². The van der Waals surface area contributed by atoms with Crippen molar-refractivity contribution >= 4 is 39.1 Å². The summed E-state index contributed by atoms with van der Waals surface area (Å²) < 4.78 is 15.8. The molecule has 0 fully saturated rings. The SMILES string of the molecule is Cn1c(C(=O)NCC(=O)Nc2cccc(F)c2)cc2sccc21. The van der Waals surface area contributed by atoms with Crippen LogP contribution in [0.5, 0.6) is 0 Å². The van der Waals surface area contributed by atoms with Crippen LogP contribution in [0.2, 0.25) is 0 Å². The number of carbonyl (C=O) groups is 2. The van der Waals surface area contributed by atoms with Crippen LogP contribution in [0.1, 0.15) is 10.5 Å². The lowest BCUT2D eigenvalue weighted by Gasteiger charge is -2.08. The Bertz CT molecular complexity index is 884. The van der Waals surface area contributed by atoms with Crippen LogP contribution in [-0.4, -0.2) is 22.9 Å². The molecule has 0 aliphatic carbocycles. The number of rotatable bonds is 4. The van der Waals surface area contributed by atoms with Crippen LogP contribution in [0.25, 0.3) is 10.2 Å². The number of anilines is 1. The van der Waals surface area contributed by atoms with Gasteiger partial charge in [0.15, 0.2) is 0 Å². The summed E-state index contributed by atoms with van der Waals surface area (Å²) >= 11 is 1.55. The number of amides is 2. The summed E-state index contributed by atoms with van der Waals surface area (Å²) in [6, 6.07) is 9.31. The van der Waals surface area contributed by atoms with Crippen LogP contribution >= 0.6 is 11.3 Å². The highest BCUT2D eigenvalue weighted by molar-refractivity contribution is 7.17. The second-order valence-corrected chi connectivity index (χ2v) is 5.95. The maximum Gasteiger partial charge on any atom is 0.268 e. The van der Waals surface area contributed by atoms with E-state index in [0.717, 1.165) is 10.2 Å². The van der Waals surface area contributed by atoms with Crippen LogP contribution < -0.4 is 10.6 Å². The largest absolute Gasteiger partial charge is 0.342 e. The number of hydrogen-bond donors (Lipinski definition) is 2. The Hall–Kier alpha value is -2.67. The normalized spacial score (nSPS) is 10.7. The van der Waals surface area contributed by atoms with Gasteiger partial charge in [-0.2, -0.15) is 0 Å². The van der Waals surface area contributed by atoms with Crippen molar-refractivity contribution < 1.29 is 14.0 Å². The molecule has 3 rings (SSSR count). The Balaban J connectivity index is 1.61. The fraction of sp³-hybridized carbons (Fsp3) is 0.125. The third-order valence-corrected chi connectivity index (χ3v) is 4.27. The molecular weight excluding hydrogens is 317 g/mol. The van der Waals surface area contributed by atoms with Gasteiger partial charge in [-0.25, -0.2) is 4.39 Å². The van der Waals surface area contributed by atoms with Crippen molar-refractivity contribution in [2.75, 3.05) is 11.9 Å². The minimum atomic E-state index is -0.435. The van der Waals surface area contributed by atoms with E-state index in [4.69, 9.17) is 0 Å². The third-order valence-electron chi connectivity index (χ3n) is 3.41. The summed E-state index contributed by atoms with van der Waals surface area (Å²) in [5, 5.41) is 7.05. The van der Waals surface area contributed by atoms with Gasteiger partial charge in [-0.3, -0.25) is 9.59 Å². The first-order valence-corrected chi connectivity index (χ1v) is 7.79. The van der Waals surface area contributed by atoms with Gasteiger partial charge < -0.3 is 15.2 Å². The predicted octanol–water partition coefficient (Wildman–Crippen LogP) is 2.75. The lowest BCUT2D eigenvalue weighted by molar-refractivity contribution is -0.115. The maximum absolute atomic E-state index is 13.0. The number of thiophene rings is 1. The van der Waals surface area contributed by atoms with E-state index < -0.39 is 11.7 Å². The van der Waals surface area contributed by atoms with E-state index in [1.54, 1.807) is 35.1 Å². The van der Waals surface area contributed by atoms with Gasteiger partial charge in [0.05, 0.1) is 16.8 Å². The molecule has 1 aromatic carbocycles. The second-order valence-electron chi connectivity index (χ2n) is 5.00. The molecule has 0 radical (unpaired) electrons. The number of halogens is 1. The molecule has 23 heavy (non-hydrogen) atoms. The summed E-state index contributed by atoms with van der Waals surface area (Å²) in [7, 11) is 1.80. The average molecular weight is 331 g/mol. The third kappa shape index (κ3) is 3.24. The van der Waals surface area contributed by atoms with Crippen LogP contribution in [0, 0.1) is 5.82 Å². The Kier molecular flexibility index (Phi) is 4.12. The molecule has 0 unspecified atom stereocenters. The van der Waals surface area contributed by atoms with Gasteiger partial charge in [-0.1, -0.05) is 6.07 Å². The monoisotopic (exact) mass is 331 g/mol. The maximum atomic E-state index is 13.0. The van der Waals surface area contributed by atoms with Gasteiger partial charge in [0.1, 0.15) is 11.5 Å². The van der Waals surface area contributed by atoms with Crippen molar-refractivity contribution in [3.8, 4) is 0 Å². The molecule has 3 aromatic rings. The zero-order valence-electron chi connectivity index (χ0n) is 12.3. The van der Waals surface area contributed by atoms with Gasteiger partial charge in [-0.05, 0) is 35.7 Å². The topological polar surface area (TPSA) is 63.1 Å². The number of benzene rings is 1. The molecular formula is C16H14FN3O2S. The molecule has 2 N–H and O–H groups in total. The van der Waals surface area contributed by atoms with E-state index in [2.05, 4.69) is 10.6 Å². The standard InChI is InChI=1S/C16H14FN3O2S/c1-20-12-5-6-23-14(12)8-13(20)16(22)18-9-15(21)19-11-4-2-3-10(17)7-11/h2-8H,9H2,1H3,(H,18,22)(H,19,21). The van der Waals surface area contributed by atoms with Crippen molar-refractivity contribution in [1.29, 1.82) is 0 Å². The first kappa shape index (κ1) is 15.2. The minimum absolute atomic E-state index is 0.186. The van der Waals surface area contributed by atoms with Crippen LogP contribution in [0.4, 0.5) is 10.1 Å². The van der Waals surface area contributed by atoms with Gasteiger partial charge in [0.25, 0.3) is 5.91 Å². The van der Waals surface area contributed by atoms with Crippen LogP contribution in [-0.2, 0) is 11.8 Å². The van der Waals surface area contributed by atoms with E-state index in [1.165, 1.54) is 18.2 Å².